The van der Waals surface area contributed by atoms with Gasteiger partial charge in [-0.3, -0.25) is 0 Å². The lowest BCUT2D eigenvalue weighted by Crippen LogP contribution is -3.15. The van der Waals surface area contributed by atoms with E-state index in [4.69, 9.17) is 17.0 Å². The molecule has 1 aromatic carbocycles. The molecule has 1 aromatic rings. The molecule has 0 bridgehead atoms. The second-order valence-electron chi connectivity index (χ2n) is 6.93. The zero-order valence-corrected chi connectivity index (χ0v) is 15.6. The highest BCUT2D eigenvalue weighted by Gasteiger charge is 2.24. The maximum absolute atomic E-state index is 5.85. The Morgan fingerprint density at radius 2 is 2.13 bits per heavy atom. The van der Waals surface area contributed by atoms with Gasteiger partial charge in [0.1, 0.15) is 19.2 Å². The average Bonchev–Trinajstić information content (AvgIpc) is 2.49. The number of quaternary nitrogens is 1. The molecular weight excluding hydrogens is 306 g/mol. The van der Waals surface area contributed by atoms with E-state index in [-0.39, 0.29) is 6.10 Å². The summed E-state index contributed by atoms with van der Waals surface area (Å²) in [6, 6.07) is 6.29. The molecule has 1 unspecified atom stereocenters. The standard InChI is InChI=1S/C18H29N3OS/c1-13(2)11-21-7-8-22-17(12-21)10-19-18(23)20-16-6-5-14(3)15(4)9-16/h5-6,9,13,17H,7-8,10-12H2,1-4H3,(H2,19,20,23)/p+1/t17-/m1/s1. The summed E-state index contributed by atoms with van der Waals surface area (Å²) in [6.45, 7) is 13.8. The molecule has 1 fully saturated rings. The fourth-order valence-electron chi connectivity index (χ4n) is 2.95. The number of aryl methyl sites for hydroxylation is 2. The number of hydrogen-bond acceptors (Lipinski definition) is 2. The lowest BCUT2D eigenvalue weighted by Gasteiger charge is -2.31. The van der Waals surface area contributed by atoms with Gasteiger partial charge in [-0.15, -0.1) is 0 Å². The zero-order valence-electron chi connectivity index (χ0n) is 14.7. The van der Waals surface area contributed by atoms with Crippen molar-refractivity contribution in [1.82, 2.24) is 5.32 Å². The predicted octanol–water partition coefficient (Wildman–Crippen LogP) is 1.53. The van der Waals surface area contributed by atoms with Crippen molar-refractivity contribution in [2.45, 2.75) is 33.8 Å². The lowest BCUT2D eigenvalue weighted by atomic mass is 10.1. The highest BCUT2D eigenvalue weighted by Crippen LogP contribution is 2.13. The van der Waals surface area contributed by atoms with Gasteiger partial charge < -0.3 is 20.3 Å². The highest BCUT2D eigenvalue weighted by atomic mass is 32.1. The first-order chi connectivity index (χ1) is 10.9. The molecule has 0 saturated carbocycles. The van der Waals surface area contributed by atoms with Crippen LogP contribution >= 0.6 is 12.2 Å². The van der Waals surface area contributed by atoms with Gasteiger partial charge in [0.15, 0.2) is 5.11 Å². The Morgan fingerprint density at radius 1 is 1.35 bits per heavy atom. The van der Waals surface area contributed by atoms with E-state index in [2.05, 4.69) is 56.5 Å². The van der Waals surface area contributed by atoms with Gasteiger partial charge in [-0.1, -0.05) is 19.9 Å². The monoisotopic (exact) mass is 336 g/mol. The lowest BCUT2D eigenvalue weighted by molar-refractivity contribution is -0.914. The summed E-state index contributed by atoms with van der Waals surface area (Å²) in [5.74, 6) is 0.726. The highest BCUT2D eigenvalue weighted by molar-refractivity contribution is 7.80. The molecule has 2 atom stereocenters. The molecule has 5 heteroatoms. The second kappa shape index (κ2) is 8.62. The van der Waals surface area contributed by atoms with E-state index in [1.807, 2.05) is 0 Å². The molecule has 0 aromatic heterocycles. The van der Waals surface area contributed by atoms with Crippen molar-refractivity contribution in [3.05, 3.63) is 29.3 Å². The maximum atomic E-state index is 5.85. The first kappa shape index (κ1) is 18.2. The van der Waals surface area contributed by atoms with E-state index in [1.54, 1.807) is 4.90 Å². The molecule has 1 aliphatic heterocycles. The summed E-state index contributed by atoms with van der Waals surface area (Å²) in [7, 11) is 0. The van der Waals surface area contributed by atoms with Crippen molar-refractivity contribution in [3.63, 3.8) is 0 Å². The molecule has 1 aliphatic rings. The number of hydrogen-bond donors (Lipinski definition) is 3. The van der Waals surface area contributed by atoms with Crippen LogP contribution in [-0.2, 0) is 4.74 Å². The number of ether oxygens (including phenoxy) is 1. The van der Waals surface area contributed by atoms with Gasteiger partial charge in [0.2, 0.25) is 0 Å². The SMILES string of the molecule is Cc1ccc(NC(=S)NC[C@@H]2C[NH+](CC(C)C)CCO2)cc1C. The van der Waals surface area contributed by atoms with Gasteiger partial charge in [0, 0.05) is 18.2 Å². The summed E-state index contributed by atoms with van der Waals surface area (Å²) < 4.78 is 5.85. The minimum absolute atomic E-state index is 0.233. The Bertz CT molecular complexity index is 533. The van der Waals surface area contributed by atoms with E-state index in [9.17, 15) is 0 Å². The Hall–Kier alpha value is -1.17. The summed E-state index contributed by atoms with van der Waals surface area (Å²) >= 11 is 5.40. The van der Waals surface area contributed by atoms with Crippen molar-refractivity contribution >= 4 is 23.0 Å². The Balaban J connectivity index is 1.76. The van der Waals surface area contributed by atoms with Crippen LogP contribution in [0.25, 0.3) is 0 Å². The molecule has 1 saturated heterocycles. The van der Waals surface area contributed by atoms with Gasteiger partial charge in [0.25, 0.3) is 0 Å². The van der Waals surface area contributed by atoms with Crippen LogP contribution in [0.1, 0.15) is 25.0 Å². The number of anilines is 1. The summed E-state index contributed by atoms with van der Waals surface area (Å²) in [6.07, 6.45) is 0.233. The minimum atomic E-state index is 0.233. The van der Waals surface area contributed by atoms with Crippen molar-refractivity contribution in [1.29, 1.82) is 0 Å². The van der Waals surface area contributed by atoms with E-state index in [1.165, 1.54) is 17.7 Å². The van der Waals surface area contributed by atoms with E-state index < -0.39 is 0 Å². The fraction of sp³-hybridized carbons (Fsp3) is 0.611. The van der Waals surface area contributed by atoms with Crippen LogP contribution in [0.3, 0.4) is 0 Å². The van der Waals surface area contributed by atoms with Crippen LogP contribution < -0.4 is 15.5 Å². The fourth-order valence-corrected chi connectivity index (χ4v) is 3.15. The molecule has 2 rings (SSSR count). The van der Waals surface area contributed by atoms with Crippen molar-refractivity contribution in [3.8, 4) is 0 Å². The maximum Gasteiger partial charge on any atom is 0.170 e. The molecule has 23 heavy (non-hydrogen) atoms. The third kappa shape index (κ3) is 6.09. The number of nitrogens with one attached hydrogen (secondary N) is 3. The Morgan fingerprint density at radius 3 is 2.83 bits per heavy atom. The number of rotatable bonds is 5. The van der Waals surface area contributed by atoms with E-state index >= 15 is 0 Å². The van der Waals surface area contributed by atoms with Crippen molar-refractivity contribution < 1.29 is 9.64 Å². The van der Waals surface area contributed by atoms with Gasteiger partial charge in [0.05, 0.1) is 13.2 Å². The predicted molar refractivity (Wildman–Crippen MR) is 100 cm³/mol. The zero-order chi connectivity index (χ0) is 16.8. The van der Waals surface area contributed by atoms with Crippen LogP contribution in [0.4, 0.5) is 5.69 Å². The Kier molecular flexibility index (Phi) is 6.81. The minimum Gasteiger partial charge on any atom is -0.365 e. The molecule has 3 N–H and O–H groups in total. The third-order valence-electron chi connectivity index (χ3n) is 4.28. The van der Waals surface area contributed by atoms with Gasteiger partial charge >= 0.3 is 0 Å². The molecule has 128 valence electrons. The van der Waals surface area contributed by atoms with Crippen molar-refractivity contribution in [2.24, 2.45) is 5.92 Å². The topological polar surface area (TPSA) is 37.7 Å². The quantitative estimate of drug-likeness (QED) is 0.713. The molecule has 0 aliphatic carbocycles. The summed E-state index contributed by atoms with van der Waals surface area (Å²) in [4.78, 5) is 1.63. The van der Waals surface area contributed by atoms with Crippen LogP contribution in [0.2, 0.25) is 0 Å². The number of thiocarbonyl (C=S) groups is 1. The Labute approximate surface area is 145 Å². The molecular formula is C18H30N3OS+. The van der Waals surface area contributed by atoms with Crippen LogP contribution in [0, 0.1) is 19.8 Å². The van der Waals surface area contributed by atoms with Crippen LogP contribution in [0.15, 0.2) is 18.2 Å². The third-order valence-corrected chi connectivity index (χ3v) is 4.52. The molecule has 1 heterocycles. The van der Waals surface area contributed by atoms with E-state index in [0.717, 1.165) is 37.8 Å². The first-order valence-corrected chi connectivity index (χ1v) is 8.92. The van der Waals surface area contributed by atoms with Gasteiger partial charge in [-0.05, 0) is 49.3 Å². The molecule has 0 spiro atoms. The summed E-state index contributed by atoms with van der Waals surface area (Å²) in [5.41, 5.74) is 3.59. The van der Waals surface area contributed by atoms with Crippen LogP contribution in [-0.4, -0.2) is 44.0 Å². The smallest absolute Gasteiger partial charge is 0.170 e. The van der Waals surface area contributed by atoms with Gasteiger partial charge in [-0.2, -0.15) is 0 Å². The number of morpholine rings is 1. The number of benzene rings is 1. The van der Waals surface area contributed by atoms with E-state index in [0.29, 0.717) is 5.11 Å². The molecule has 0 radical (unpaired) electrons. The first-order valence-electron chi connectivity index (χ1n) is 8.51. The molecule has 4 nitrogen and oxygen atoms in total. The van der Waals surface area contributed by atoms with Crippen molar-refractivity contribution in [2.75, 3.05) is 38.1 Å². The molecule has 0 amide bonds. The van der Waals surface area contributed by atoms with Crippen LogP contribution in [0.5, 0.6) is 0 Å². The summed E-state index contributed by atoms with van der Waals surface area (Å²) in [5, 5.41) is 7.20. The van der Waals surface area contributed by atoms with Gasteiger partial charge in [-0.25, -0.2) is 0 Å². The normalized spacial score (nSPS) is 21.3. The average molecular weight is 337 g/mol. The largest absolute Gasteiger partial charge is 0.365 e. The second-order valence-corrected chi connectivity index (χ2v) is 7.34.